The summed E-state index contributed by atoms with van der Waals surface area (Å²) in [5.74, 6) is 0.569. The van der Waals surface area contributed by atoms with Gasteiger partial charge in [-0.3, -0.25) is 10.1 Å². The minimum absolute atomic E-state index is 0.0970. The van der Waals surface area contributed by atoms with Gasteiger partial charge in [0.25, 0.3) is 5.69 Å². The summed E-state index contributed by atoms with van der Waals surface area (Å²) in [5.41, 5.74) is 1.90. The number of ether oxygens (including phenoxy) is 1. The zero-order chi connectivity index (χ0) is 14.8. The molecule has 0 saturated carbocycles. The van der Waals surface area contributed by atoms with Crippen molar-refractivity contribution in [3.63, 3.8) is 0 Å². The second-order valence-electron chi connectivity index (χ2n) is 4.62. The molecular formula is C15H13N3O3. The highest BCUT2D eigenvalue weighted by Gasteiger charge is 2.09. The van der Waals surface area contributed by atoms with Gasteiger partial charge in [0, 0.05) is 35.3 Å². The van der Waals surface area contributed by atoms with Gasteiger partial charge in [0.2, 0.25) is 5.88 Å². The molecule has 0 atom stereocenters. The third-order valence-electron chi connectivity index (χ3n) is 3.29. The van der Waals surface area contributed by atoms with Gasteiger partial charge in [-0.1, -0.05) is 6.07 Å². The Labute approximate surface area is 120 Å². The zero-order valence-electron chi connectivity index (χ0n) is 11.4. The molecule has 0 N–H and O–H groups in total. The highest BCUT2D eigenvalue weighted by Crippen LogP contribution is 2.22. The van der Waals surface area contributed by atoms with Crippen LogP contribution in [-0.2, 0) is 6.54 Å². The molecule has 0 spiro atoms. The maximum Gasteiger partial charge on any atom is 0.270 e. The summed E-state index contributed by atoms with van der Waals surface area (Å²) in [6.07, 6.45) is 1.90. The van der Waals surface area contributed by atoms with Gasteiger partial charge < -0.3 is 9.30 Å². The highest BCUT2D eigenvalue weighted by molar-refractivity contribution is 5.82. The van der Waals surface area contributed by atoms with Gasteiger partial charge in [-0.25, -0.2) is 4.98 Å². The van der Waals surface area contributed by atoms with E-state index in [0.29, 0.717) is 12.4 Å². The van der Waals surface area contributed by atoms with Crippen LogP contribution in [0.25, 0.3) is 10.9 Å². The number of nitrogens with zero attached hydrogens (tertiary/aromatic N) is 3. The van der Waals surface area contributed by atoms with Crippen LogP contribution in [0.4, 0.5) is 5.69 Å². The first-order valence-electron chi connectivity index (χ1n) is 6.40. The van der Waals surface area contributed by atoms with Gasteiger partial charge in [0.1, 0.15) is 0 Å². The summed E-state index contributed by atoms with van der Waals surface area (Å²) in [6, 6.07) is 12.3. The van der Waals surface area contributed by atoms with E-state index in [9.17, 15) is 10.1 Å². The van der Waals surface area contributed by atoms with Gasteiger partial charge in [-0.2, -0.15) is 0 Å². The molecule has 0 saturated heterocycles. The Balaban J connectivity index is 1.95. The quantitative estimate of drug-likeness (QED) is 0.545. The van der Waals surface area contributed by atoms with E-state index in [1.54, 1.807) is 25.3 Å². The molecule has 0 aliphatic carbocycles. The standard InChI is InChI=1S/C15H13N3O3/c1-21-15-4-2-3-12(16-15)10-17-8-7-11-9-13(18(19)20)5-6-14(11)17/h2-9H,10H2,1H3. The average molecular weight is 283 g/mol. The fraction of sp³-hybridized carbons (Fsp3) is 0.133. The first-order chi connectivity index (χ1) is 10.2. The molecule has 0 aliphatic heterocycles. The van der Waals surface area contributed by atoms with E-state index in [-0.39, 0.29) is 10.6 Å². The van der Waals surface area contributed by atoms with Gasteiger partial charge in [0.05, 0.1) is 24.3 Å². The number of pyridine rings is 1. The first-order valence-corrected chi connectivity index (χ1v) is 6.40. The molecule has 0 fully saturated rings. The predicted molar refractivity (Wildman–Crippen MR) is 78.5 cm³/mol. The number of aromatic nitrogens is 2. The number of nitro benzene ring substituents is 1. The molecular weight excluding hydrogens is 270 g/mol. The summed E-state index contributed by atoms with van der Waals surface area (Å²) >= 11 is 0. The molecule has 0 unspecified atom stereocenters. The van der Waals surface area contributed by atoms with E-state index in [1.165, 1.54) is 6.07 Å². The average Bonchev–Trinajstić information content (AvgIpc) is 2.90. The van der Waals surface area contributed by atoms with Crippen molar-refractivity contribution in [3.05, 3.63) is 64.5 Å². The Kier molecular flexibility index (Phi) is 3.27. The van der Waals surface area contributed by atoms with Crippen LogP contribution in [0, 0.1) is 10.1 Å². The predicted octanol–water partition coefficient (Wildman–Crippen LogP) is 3.00. The van der Waals surface area contributed by atoms with Crippen molar-refractivity contribution >= 4 is 16.6 Å². The smallest absolute Gasteiger partial charge is 0.270 e. The zero-order valence-corrected chi connectivity index (χ0v) is 11.4. The number of rotatable bonds is 4. The minimum atomic E-state index is -0.388. The molecule has 1 aromatic carbocycles. The lowest BCUT2D eigenvalue weighted by Crippen LogP contribution is -2.01. The Hall–Kier alpha value is -2.89. The van der Waals surface area contributed by atoms with Crippen molar-refractivity contribution in [1.29, 1.82) is 0 Å². The van der Waals surface area contributed by atoms with Crippen molar-refractivity contribution in [2.45, 2.75) is 6.54 Å². The summed E-state index contributed by atoms with van der Waals surface area (Å²) in [5, 5.41) is 11.6. The van der Waals surface area contributed by atoms with E-state index >= 15 is 0 Å². The number of nitro groups is 1. The van der Waals surface area contributed by atoms with Crippen LogP contribution in [0.3, 0.4) is 0 Å². The second-order valence-corrected chi connectivity index (χ2v) is 4.62. The number of non-ortho nitro benzene ring substituents is 1. The first kappa shape index (κ1) is 13.1. The molecule has 3 aromatic rings. The third kappa shape index (κ3) is 2.55. The van der Waals surface area contributed by atoms with Gasteiger partial charge in [-0.15, -0.1) is 0 Å². The van der Waals surface area contributed by atoms with Crippen molar-refractivity contribution < 1.29 is 9.66 Å². The molecule has 0 bridgehead atoms. The molecule has 0 amide bonds. The van der Waals surface area contributed by atoms with Crippen molar-refractivity contribution in [3.8, 4) is 5.88 Å². The number of fused-ring (bicyclic) bond motifs is 1. The number of benzene rings is 1. The maximum absolute atomic E-state index is 10.8. The summed E-state index contributed by atoms with van der Waals surface area (Å²) in [7, 11) is 1.58. The Morgan fingerprint density at radius 2 is 2.14 bits per heavy atom. The van der Waals surface area contributed by atoms with E-state index in [1.807, 2.05) is 29.0 Å². The van der Waals surface area contributed by atoms with Crippen molar-refractivity contribution in [2.75, 3.05) is 7.11 Å². The van der Waals surface area contributed by atoms with E-state index in [0.717, 1.165) is 16.6 Å². The largest absolute Gasteiger partial charge is 0.481 e. The topological polar surface area (TPSA) is 70.2 Å². The van der Waals surface area contributed by atoms with E-state index < -0.39 is 0 Å². The normalized spacial score (nSPS) is 10.7. The van der Waals surface area contributed by atoms with Crippen LogP contribution < -0.4 is 4.74 Å². The Bertz CT molecular complexity index is 811. The molecule has 21 heavy (non-hydrogen) atoms. The fourth-order valence-corrected chi connectivity index (χ4v) is 2.27. The minimum Gasteiger partial charge on any atom is -0.481 e. The number of methoxy groups -OCH3 is 1. The lowest BCUT2D eigenvalue weighted by atomic mass is 10.2. The number of hydrogen-bond donors (Lipinski definition) is 0. The molecule has 2 heterocycles. The van der Waals surface area contributed by atoms with Crippen molar-refractivity contribution in [2.24, 2.45) is 0 Å². The lowest BCUT2D eigenvalue weighted by Gasteiger charge is -2.06. The number of hydrogen-bond acceptors (Lipinski definition) is 4. The van der Waals surface area contributed by atoms with Gasteiger partial charge in [-0.05, 0) is 18.2 Å². The molecule has 0 radical (unpaired) electrons. The van der Waals surface area contributed by atoms with Crippen LogP contribution in [-0.4, -0.2) is 21.6 Å². The van der Waals surface area contributed by atoms with Crippen LogP contribution in [0.1, 0.15) is 5.69 Å². The fourth-order valence-electron chi connectivity index (χ4n) is 2.27. The summed E-state index contributed by atoms with van der Waals surface area (Å²) in [4.78, 5) is 14.8. The summed E-state index contributed by atoms with van der Waals surface area (Å²) < 4.78 is 7.11. The molecule has 106 valence electrons. The van der Waals surface area contributed by atoms with E-state index in [4.69, 9.17) is 4.74 Å². The molecule has 0 aliphatic rings. The molecule has 2 aromatic heterocycles. The van der Waals surface area contributed by atoms with Crippen molar-refractivity contribution in [1.82, 2.24) is 9.55 Å². The van der Waals surface area contributed by atoms with Crippen LogP contribution in [0.5, 0.6) is 5.88 Å². The second kappa shape index (κ2) is 5.24. The van der Waals surface area contributed by atoms with E-state index in [2.05, 4.69) is 4.98 Å². The third-order valence-corrected chi connectivity index (χ3v) is 3.29. The van der Waals surface area contributed by atoms with Crippen LogP contribution in [0.2, 0.25) is 0 Å². The Morgan fingerprint density at radius 3 is 2.90 bits per heavy atom. The SMILES string of the molecule is COc1cccc(Cn2ccc3cc([N+](=O)[O-])ccc32)n1. The van der Waals surface area contributed by atoms with Crippen LogP contribution >= 0.6 is 0 Å². The summed E-state index contributed by atoms with van der Waals surface area (Å²) in [6.45, 7) is 0.582. The molecule has 3 rings (SSSR count). The molecule has 6 heteroatoms. The Morgan fingerprint density at radius 1 is 1.29 bits per heavy atom. The monoisotopic (exact) mass is 283 g/mol. The molecule has 6 nitrogen and oxygen atoms in total. The highest BCUT2D eigenvalue weighted by atomic mass is 16.6. The van der Waals surface area contributed by atoms with Gasteiger partial charge >= 0.3 is 0 Å². The van der Waals surface area contributed by atoms with Crippen LogP contribution in [0.15, 0.2) is 48.7 Å². The maximum atomic E-state index is 10.8. The van der Waals surface area contributed by atoms with Gasteiger partial charge in [0.15, 0.2) is 0 Å². The lowest BCUT2D eigenvalue weighted by molar-refractivity contribution is -0.384.